The molecule has 0 aromatic carbocycles. The molecule has 4 heteroatoms. The zero-order valence-corrected chi connectivity index (χ0v) is 8.08. The van der Waals surface area contributed by atoms with Gasteiger partial charge in [0.15, 0.2) is 0 Å². The van der Waals surface area contributed by atoms with E-state index in [0.717, 1.165) is 32.4 Å². The molecule has 0 unspecified atom stereocenters. The van der Waals surface area contributed by atoms with Crippen LogP contribution >= 0.6 is 0 Å². The molecule has 0 aliphatic carbocycles. The molecule has 4 radical (unpaired) electrons. The van der Waals surface area contributed by atoms with Gasteiger partial charge in [-0.25, -0.2) is 0 Å². The Balaban J connectivity index is 3.86. The first kappa shape index (κ1) is 12.0. The fraction of sp³-hybridized carbons (Fsp3) is 1.00. The molecule has 0 saturated carbocycles. The lowest BCUT2D eigenvalue weighted by Gasteiger charge is -2.35. The summed E-state index contributed by atoms with van der Waals surface area (Å²) >= 11 is 0. The van der Waals surface area contributed by atoms with Crippen LogP contribution in [0.1, 0.15) is 33.1 Å². The highest BCUT2D eigenvalue weighted by molar-refractivity contribution is 6.38. The van der Waals surface area contributed by atoms with E-state index in [-0.39, 0.29) is 0 Å². The summed E-state index contributed by atoms with van der Waals surface area (Å²) in [5.74, 6) is 0. The summed E-state index contributed by atoms with van der Waals surface area (Å²) < 4.78 is 0. The quantitative estimate of drug-likeness (QED) is 0.455. The zero-order chi connectivity index (χ0) is 9.61. The average molecular weight is 165 g/mol. The highest BCUT2D eigenvalue weighted by Gasteiger charge is 2.20. The minimum atomic E-state index is -1.65. The molecule has 0 bridgehead atoms. The summed E-state index contributed by atoms with van der Waals surface area (Å²) in [6, 6.07) is 0. The van der Waals surface area contributed by atoms with Crippen molar-refractivity contribution in [2.45, 2.75) is 38.6 Å². The predicted octanol–water partition coefficient (Wildman–Crippen LogP) is 0.439. The number of nitrogens with zero attached hydrogens (tertiary/aromatic N) is 1. The van der Waals surface area contributed by atoms with Gasteiger partial charge in [0.2, 0.25) is 0 Å². The third kappa shape index (κ3) is 4.83. The highest BCUT2D eigenvalue weighted by atomic mass is 16.3. The molecule has 0 saturated heterocycles. The molecule has 0 aromatic rings. The van der Waals surface area contributed by atoms with E-state index in [4.69, 9.17) is 15.7 Å². The smallest absolute Gasteiger partial charge is 0.120 e. The maximum atomic E-state index is 9.32. The molecule has 0 atom stereocenters. The molecule has 12 heavy (non-hydrogen) atoms. The molecule has 66 valence electrons. The molecule has 0 fully saturated rings. The fourth-order valence-electron chi connectivity index (χ4n) is 1.09. The number of hydrogen-bond donors (Lipinski definition) is 1. The Morgan fingerprint density at radius 1 is 1.17 bits per heavy atom. The van der Waals surface area contributed by atoms with Crippen LogP contribution in [0.4, 0.5) is 0 Å². The molecule has 0 aromatic heterocycles. The summed E-state index contributed by atoms with van der Waals surface area (Å²) in [5, 5.41) is 9.32. The Labute approximate surface area is 78.2 Å². The van der Waals surface area contributed by atoms with Gasteiger partial charge in [-0.15, -0.1) is 0 Å². The standard InChI is InChI=1S/C8H17B2NO/c1-3-5-7-11(6-4-2)8(9,10)12/h12H,3-7H2,1-2H3. The van der Waals surface area contributed by atoms with Crippen molar-refractivity contribution in [1.82, 2.24) is 4.90 Å². The van der Waals surface area contributed by atoms with Gasteiger partial charge in [-0.3, -0.25) is 4.90 Å². The molecule has 0 rings (SSSR count). The Morgan fingerprint density at radius 3 is 2.08 bits per heavy atom. The summed E-state index contributed by atoms with van der Waals surface area (Å²) in [4.78, 5) is 1.69. The van der Waals surface area contributed by atoms with Crippen molar-refractivity contribution in [2.75, 3.05) is 13.1 Å². The molecule has 1 N–H and O–H groups in total. The van der Waals surface area contributed by atoms with Crippen molar-refractivity contribution in [1.29, 1.82) is 0 Å². The molecular formula is C8H17B2NO. The Morgan fingerprint density at radius 2 is 1.75 bits per heavy atom. The highest BCUT2D eigenvalue weighted by Crippen LogP contribution is 2.05. The van der Waals surface area contributed by atoms with Crippen LogP contribution in [0, 0.1) is 0 Å². The summed E-state index contributed by atoms with van der Waals surface area (Å²) in [6.45, 7) is 5.62. The molecule has 2 nitrogen and oxygen atoms in total. The van der Waals surface area contributed by atoms with Crippen LogP contribution in [0.2, 0.25) is 0 Å². The lowest BCUT2D eigenvalue weighted by atomic mass is 9.71. The average Bonchev–Trinajstić information content (AvgIpc) is 1.95. The van der Waals surface area contributed by atoms with Crippen molar-refractivity contribution in [3.63, 3.8) is 0 Å². The molecule has 0 amide bonds. The maximum Gasteiger partial charge on any atom is 0.120 e. The van der Waals surface area contributed by atoms with Gasteiger partial charge < -0.3 is 5.11 Å². The van der Waals surface area contributed by atoms with E-state index < -0.39 is 5.52 Å². The van der Waals surface area contributed by atoms with Gasteiger partial charge in [0.1, 0.15) is 15.7 Å². The zero-order valence-electron chi connectivity index (χ0n) is 8.08. The van der Waals surface area contributed by atoms with Crippen LogP contribution in [0.5, 0.6) is 0 Å². The van der Waals surface area contributed by atoms with Crippen LogP contribution in [-0.4, -0.2) is 44.3 Å². The van der Waals surface area contributed by atoms with Crippen molar-refractivity contribution in [2.24, 2.45) is 0 Å². The summed E-state index contributed by atoms with van der Waals surface area (Å²) in [6.07, 6.45) is 3.04. The fourth-order valence-corrected chi connectivity index (χ4v) is 1.09. The van der Waals surface area contributed by atoms with E-state index in [1.807, 2.05) is 6.92 Å². The maximum absolute atomic E-state index is 9.32. The van der Waals surface area contributed by atoms with E-state index in [1.165, 1.54) is 0 Å². The van der Waals surface area contributed by atoms with Crippen molar-refractivity contribution < 1.29 is 5.11 Å². The largest absolute Gasteiger partial charge is 0.395 e. The predicted molar refractivity (Wildman–Crippen MR) is 53.2 cm³/mol. The first-order valence-electron chi connectivity index (χ1n) is 4.57. The lowest BCUT2D eigenvalue weighted by Crippen LogP contribution is -2.50. The number of unbranched alkanes of at least 4 members (excludes halogenated alkanes) is 1. The first-order chi connectivity index (χ1) is 5.52. The van der Waals surface area contributed by atoms with Gasteiger partial charge in [-0.05, 0) is 25.9 Å². The monoisotopic (exact) mass is 165 g/mol. The van der Waals surface area contributed by atoms with Crippen LogP contribution in [0.25, 0.3) is 0 Å². The molecular weight excluding hydrogens is 148 g/mol. The van der Waals surface area contributed by atoms with E-state index in [2.05, 4.69) is 6.92 Å². The van der Waals surface area contributed by atoms with E-state index in [0.29, 0.717) is 0 Å². The van der Waals surface area contributed by atoms with E-state index >= 15 is 0 Å². The van der Waals surface area contributed by atoms with Crippen molar-refractivity contribution in [3.05, 3.63) is 0 Å². The normalized spacial score (nSPS) is 12.3. The second kappa shape index (κ2) is 5.65. The van der Waals surface area contributed by atoms with Gasteiger partial charge in [-0.1, -0.05) is 20.3 Å². The lowest BCUT2D eigenvalue weighted by molar-refractivity contribution is 0.0301. The summed E-state index contributed by atoms with van der Waals surface area (Å²) in [5.41, 5.74) is -1.65. The van der Waals surface area contributed by atoms with Crippen LogP contribution < -0.4 is 0 Å². The molecule has 0 heterocycles. The second-order valence-electron chi connectivity index (χ2n) is 3.12. The minimum Gasteiger partial charge on any atom is -0.395 e. The Bertz CT molecular complexity index is 114. The topological polar surface area (TPSA) is 23.5 Å². The Kier molecular flexibility index (Phi) is 5.68. The van der Waals surface area contributed by atoms with E-state index in [1.54, 1.807) is 4.90 Å². The van der Waals surface area contributed by atoms with E-state index in [9.17, 15) is 5.11 Å². The van der Waals surface area contributed by atoms with Crippen LogP contribution in [0.15, 0.2) is 0 Å². The van der Waals surface area contributed by atoms with Crippen LogP contribution in [-0.2, 0) is 0 Å². The van der Waals surface area contributed by atoms with Gasteiger partial charge in [0.05, 0.1) is 0 Å². The van der Waals surface area contributed by atoms with Gasteiger partial charge in [0, 0.05) is 5.52 Å². The summed E-state index contributed by atoms with van der Waals surface area (Å²) in [7, 11) is 10.7. The van der Waals surface area contributed by atoms with Crippen molar-refractivity contribution in [3.8, 4) is 0 Å². The number of aliphatic hydroxyl groups is 1. The number of rotatable bonds is 6. The molecule has 0 aliphatic rings. The van der Waals surface area contributed by atoms with Crippen LogP contribution in [0.3, 0.4) is 0 Å². The SMILES string of the molecule is [B]C([B])(O)N(CCC)CCCC. The third-order valence-electron chi connectivity index (χ3n) is 1.78. The Hall–Kier alpha value is 0.0499. The van der Waals surface area contributed by atoms with Gasteiger partial charge >= 0.3 is 0 Å². The molecule has 0 aliphatic heterocycles. The van der Waals surface area contributed by atoms with Gasteiger partial charge in [0.25, 0.3) is 0 Å². The van der Waals surface area contributed by atoms with Crippen molar-refractivity contribution >= 4 is 15.7 Å². The minimum absolute atomic E-state index is 0.740. The number of hydrogen-bond acceptors (Lipinski definition) is 2. The van der Waals surface area contributed by atoms with Gasteiger partial charge in [-0.2, -0.15) is 0 Å². The second-order valence-corrected chi connectivity index (χ2v) is 3.12. The molecule has 0 spiro atoms. The first-order valence-corrected chi connectivity index (χ1v) is 4.57. The third-order valence-corrected chi connectivity index (χ3v) is 1.78.